The molecule has 0 bridgehead atoms. The van der Waals surface area contributed by atoms with E-state index in [-0.39, 0.29) is 11.4 Å². The third-order valence-electron chi connectivity index (χ3n) is 2.91. The summed E-state index contributed by atoms with van der Waals surface area (Å²) < 4.78 is 13.9. The summed E-state index contributed by atoms with van der Waals surface area (Å²) >= 11 is 0. The van der Waals surface area contributed by atoms with E-state index in [0.717, 1.165) is 11.1 Å². The molecule has 1 aromatic heterocycles. The molecule has 6 heteroatoms. The quantitative estimate of drug-likeness (QED) is 0.593. The number of carbonyl (C=O) groups excluding carboxylic acids is 1. The van der Waals surface area contributed by atoms with Crippen LogP contribution >= 0.6 is 0 Å². The van der Waals surface area contributed by atoms with Crippen molar-refractivity contribution >= 4 is 17.4 Å². The van der Waals surface area contributed by atoms with Gasteiger partial charge < -0.3 is 10.7 Å². The molecule has 1 aromatic carbocycles. The molecule has 0 aliphatic rings. The lowest BCUT2D eigenvalue weighted by Crippen LogP contribution is -2.18. The third-order valence-corrected chi connectivity index (χ3v) is 2.91. The summed E-state index contributed by atoms with van der Waals surface area (Å²) in [6, 6.07) is 6.96. The molecule has 2 aromatic rings. The van der Waals surface area contributed by atoms with Gasteiger partial charge in [-0.25, -0.2) is 15.2 Å². The number of nitrogens with one attached hydrogen (secondary N) is 2. The number of carbonyl (C=O) groups is 1. The normalized spacial score (nSPS) is 10.2. The first-order valence-corrected chi connectivity index (χ1v) is 6.02. The fourth-order valence-corrected chi connectivity index (χ4v) is 1.78. The molecule has 0 saturated heterocycles. The second-order valence-electron chi connectivity index (χ2n) is 4.44. The number of anilines is 2. The average molecular weight is 274 g/mol. The molecule has 0 fully saturated rings. The van der Waals surface area contributed by atoms with Crippen molar-refractivity contribution in [3.05, 3.63) is 53.0 Å². The standard InChI is InChI=1S/C14H15FN4O/c1-8-3-4-9(2)11(7-8)18-14(20)10-5-6-17-13(19-16)12(10)15/h3-7H,16H2,1-2H3,(H,17,19)(H,18,20). The number of amides is 1. The van der Waals surface area contributed by atoms with Gasteiger partial charge in [0.15, 0.2) is 11.6 Å². The minimum Gasteiger partial charge on any atom is -0.322 e. The molecule has 0 unspecified atom stereocenters. The number of pyridine rings is 1. The first-order chi connectivity index (χ1) is 9.52. The number of rotatable bonds is 3. The zero-order chi connectivity index (χ0) is 14.7. The van der Waals surface area contributed by atoms with Gasteiger partial charge in [-0.3, -0.25) is 4.79 Å². The highest BCUT2D eigenvalue weighted by atomic mass is 19.1. The predicted octanol–water partition coefficient (Wildman–Crippen LogP) is 2.38. The van der Waals surface area contributed by atoms with Crippen LogP contribution in [0.15, 0.2) is 30.5 Å². The van der Waals surface area contributed by atoms with Gasteiger partial charge in [0, 0.05) is 11.9 Å². The fraction of sp³-hybridized carbons (Fsp3) is 0.143. The molecule has 1 amide bonds. The molecule has 0 radical (unpaired) electrons. The van der Waals surface area contributed by atoms with Crippen LogP contribution in [0.2, 0.25) is 0 Å². The highest BCUT2D eigenvalue weighted by Crippen LogP contribution is 2.19. The maximum Gasteiger partial charge on any atom is 0.258 e. The van der Waals surface area contributed by atoms with Crippen LogP contribution in [-0.2, 0) is 0 Å². The number of aromatic nitrogens is 1. The van der Waals surface area contributed by atoms with Crippen molar-refractivity contribution in [2.75, 3.05) is 10.7 Å². The summed E-state index contributed by atoms with van der Waals surface area (Å²) in [5.41, 5.74) is 4.54. The van der Waals surface area contributed by atoms with Gasteiger partial charge in [0.05, 0.1) is 5.56 Å². The Bertz CT molecular complexity index is 658. The molecule has 1 heterocycles. The topological polar surface area (TPSA) is 80.0 Å². The second-order valence-corrected chi connectivity index (χ2v) is 4.44. The largest absolute Gasteiger partial charge is 0.322 e. The number of hydrogen-bond donors (Lipinski definition) is 3. The highest BCUT2D eigenvalue weighted by molar-refractivity contribution is 6.05. The van der Waals surface area contributed by atoms with Crippen LogP contribution in [0.1, 0.15) is 21.5 Å². The first kappa shape index (κ1) is 14.0. The second kappa shape index (κ2) is 5.66. The Labute approximate surface area is 116 Å². The van der Waals surface area contributed by atoms with Gasteiger partial charge in [0.25, 0.3) is 5.91 Å². The smallest absolute Gasteiger partial charge is 0.258 e. The molecule has 0 atom stereocenters. The van der Waals surface area contributed by atoms with Crippen LogP contribution in [0.4, 0.5) is 15.9 Å². The Morgan fingerprint density at radius 1 is 1.30 bits per heavy atom. The van der Waals surface area contributed by atoms with Crippen molar-refractivity contribution in [2.45, 2.75) is 13.8 Å². The summed E-state index contributed by atoms with van der Waals surface area (Å²) in [5.74, 6) is 3.64. The zero-order valence-corrected chi connectivity index (χ0v) is 11.2. The highest BCUT2D eigenvalue weighted by Gasteiger charge is 2.16. The Balaban J connectivity index is 2.31. The van der Waals surface area contributed by atoms with Crippen LogP contribution in [0.3, 0.4) is 0 Å². The van der Waals surface area contributed by atoms with Crippen LogP contribution in [-0.4, -0.2) is 10.9 Å². The van der Waals surface area contributed by atoms with E-state index in [0.29, 0.717) is 5.69 Å². The van der Waals surface area contributed by atoms with Gasteiger partial charge in [-0.1, -0.05) is 12.1 Å². The summed E-state index contributed by atoms with van der Waals surface area (Å²) in [6.45, 7) is 3.78. The average Bonchev–Trinajstić information content (AvgIpc) is 2.43. The van der Waals surface area contributed by atoms with Crippen LogP contribution in [0, 0.1) is 19.7 Å². The molecule has 0 saturated carbocycles. The number of nitrogens with two attached hydrogens (primary N) is 1. The molecule has 2 rings (SSSR count). The number of halogens is 1. The minimum atomic E-state index is -0.780. The van der Waals surface area contributed by atoms with Gasteiger partial charge in [-0.05, 0) is 37.1 Å². The van der Waals surface area contributed by atoms with Crippen molar-refractivity contribution in [2.24, 2.45) is 5.84 Å². The molecule has 5 nitrogen and oxygen atoms in total. The molecule has 4 N–H and O–H groups in total. The van der Waals surface area contributed by atoms with E-state index in [2.05, 4.69) is 15.7 Å². The van der Waals surface area contributed by atoms with Crippen molar-refractivity contribution in [3.8, 4) is 0 Å². The lowest BCUT2D eigenvalue weighted by atomic mass is 10.1. The van der Waals surface area contributed by atoms with E-state index < -0.39 is 11.7 Å². The molecule has 0 aliphatic carbocycles. The van der Waals surface area contributed by atoms with Crippen molar-refractivity contribution in [3.63, 3.8) is 0 Å². The Morgan fingerprint density at radius 3 is 2.75 bits per heavy atom. The number of aryl methyl sites for hydroxylation is 2. The van der Waals surface area contributed by atoms with Gasteiger partial charge in [-0.15, -0.1) is 0 Å². The number of benzene rings is 1. The van der Waals surface area contributed by atoms with Crippen LogP contribution < -0.4 is 16.6 Å². The Hall–Kier alpha value is -2.47. The minimum absolute atomic E-state index is 0.117. The molecule has 20 heavy (non-hydrogen) atoms. The van der Waals surface area contributed by atoms with E-state index in [1.165, 1.54) is 12.3 Å². The van der Waals surface area contributed by atoms with Crippen molar-refractivity contribution in [1.82, 2.24) is 4.98 Å². The first-order valence-electron chi connectivity index (χ1n) is 6.02. The van der Waals surface area contributed by atoms with Crippen LogP contribution in [0.5, 0.6) is 0 Å². The SMILES string of the molecule is Cc1ccc(C)c(NC(=O)c2ccnc(NN)c2F)c1. The maximum absolute atomic E-state index is 13.9. The number of hydrazine groups is 1. The predicted molar refractivity (Wildman–Crippen MR) is 75.9 cm³/mol. The van der Waals surface area contributed by atoms with Gasteiger partial charge in [0.1, 0.15) is 0 Å². The van der Waals surface area contributed by atoms with E-state index in [9.17, 15) is 9.18 Å². The third kappa shape index (κ3) is 2.75. The zero-order valence-electron chi connectivity index (χ0n) is 11.2. The van der Waals surface area contributed by atoms with E-state index >= 15 is 0 Å². The Kier molecular flexibility index (Phi) is 3.95. The monoisotopic (exact) mass is 274 g/mol. The van der Waals surface area contributed by atoms with Gasteiger partial charge in [0.2, 0.25) is 0 Å². The molecular formula is C14H15FN4O. The molecule has 0 aliphatic heterocycles. The van der Waals surface area contributed by atoms with Gasteiger partial charge in [-0.2, -0.15) is 0 Å². The summed E-state index contributed by atoms with van der Waals surface area (Å²) in [4.78, 5) is 15.8. The van der Waals surface area contributed by atoms with Crippen molar-refractivity contribution < 1.29 is 9.18 Å². The Morgan fingerprint density at radius 2 is 2.05 bits per heavy atom. The summed E-state index contributed by atoms with van der Waals surface area (Å²) in [5, 5.41) is 2.68. The van der Waals surface area contributed by atoms with E-state index in [4.69, 9.17) is 5.84 Å². The molecule has 104 valence electrons. The van der Waals surface area contributed by atoms with Gasteiger partial charge >= 0.3 is 0 Å². The summed E-state index contributed by atoms with van der Waals surface area (Å²) in [7, 11) is 0. The summed E-state index contributed by atoms with van der Waals surface area (Å²) in [6.07, 6.45) is 1.32. The number of hydrogen-bond acceptors (Lipinski definition) is 4. The number of nitrogen functional groups attached to an aromatic ring is 1. The lowest BCUT2D eigenvalue weighted by Gasteiger charge is -2.10. The molecular weight excluding hydrogens is 259 g/mol. The lowest BCUT2D eigenvalue weighted by molar-refractivity contribution is 0.102. The van der Waals surface area contributed by atoms with Crippen molar-refractivity contribution in [1.29, 1.82) is 0 Å². The molecule has 0 spiro atoms. The van der Waals surface area contributed by atoms with E-state index in [1.807, 2.05) is 32.0 Å². The maximum atomic E-state index is 13.9. The fourth-order valence-electron chi connectivity index (χ4n) is 1.78. The van der Waals surface area contributed by atoms with E-state index in [1.54, 1.807) is 0 Å². The van der Waals surface area contributed by atoms with Crippen LogP contribution in [0.25, 0.3) is 0 Å². The number of nitrogens with zero attached hydrogens (tertiary/aromatic N) is 1.